The number of anilines is 2. The molecular weight excluding hydrogens is 425 g/mol. The van der Waals surface area contributed by atoms with Crippen LogP contribution in [0.25, 0.3) is 0 Å². The molecule has 4 rings (SSSR count). The minimum absolute atomic E-state index is 0.0386. The van der Waals surface area contributed by atoms with Gasteiger partial charge in [-0.3, -0.25) is 0 Å². The number of ether oxygens (including phenoxy) is 1. The Labute approximate surface area is 195 Å². The van der Waals surface area contributed by atoms with Crippen LogP contribution in [-0.2, 0) is 5.41 Å². The summed E-state index contributed by atoms with van der Waals surface area (Å²) in [6.45, 7) is 3.89. The van der Waals surface area contributed by atoms with E-state index < -0.39 is 0 Å². The van der Waals surface area contributed by atoms with Crippen molar-refractivity contribution >= 4 is 29.1 Å². The zero-order valence-corrected chi connectivity index (χ0v) is 19.7. The van der Waals surface area contributed by atoms with Crippen LogP contribution in [0.15, 0.2) is 30.3 Å². The molecule has 1 aromatic carbocycles. The average molecular weight is 458 g/mol. The van der Waals surface area contributed by atoms with Crippen LogP contribution in [0.1, 0.15) is 57.4 Å². The molecule has 1 aromatic heterocycles. The summed E-state index contributed by atoms with van der Waals surface area (Å²) in [6.07, 6.45) is 7.99. The second-order valence-corrected chi connectivity index (χ2v) is 9.34. The fourth-order valence-electron chi connectivity index (χ4n) is 4.98. The minimum Gasteiger partial charge on any atom is -0.481 e. The highest BCUT2D eigenvalue weighted by Gasteiger charge is 2.35. The highest BCUT2D eigenvalue weighted by Crippen LogP contribution is 2.40. The Morgan fingerprint density at radius 2 is 1.94 bits per heavy atom. The van der Waals surface area contributed by atoms with Gasteiger partial charge < -0.3 is 20.3 Å². The molecule has 0 unspecified atom stereocenters. The quantitative estimate of drug-likeness (QED) is 0.604. The van der Waals surface area contributed by atoms with Crippen LogP contribution in [-0.4, -0.2) is 41.3 Å². The lowest BCUT2D eigenvalue weighted by Crippen LogP contribution is -2.41. The summed E-state index contributed by atoms with van der Waals surface area (Å²) in [4.78, 5) is 11.5. The first kappa shape index (κ1) is 22.7. The molecule has 0 amide bonds. The number of thiocarbonyl (C=S) groups is 1. The lowest BCUT2D eigenvalue weighted by atomic mass is 9.79. The maximum Gasteiger partial charge on any atom is 0.234 e. The van der Waals surface area contributed by atoms with E-state index in [0.717, 1.165) is 56.5 Å². The fourth-order valence-corrected chi connectivity index (χ4v) is 5.14. The van der Waals surface area contributed by atoms with Crippen molar-refractivity contribution in [2.24, 2.45) is 0 Å². The largest absolute Gasteiger partial charge is 0.481 e. The van der Waals surface area contributed by atoms with Crippen LogP contribution < -0.4 is 20.3 Å². The summed E-state index contributed by atoms with van der Waals surface area (Å²) in [5.74, 6) is 1.59. The first-order valence-electron chi connectivity index (χ1n) is 11.5. The topological polar surface area (TPSA) is 62.3 Å². The van der Waals surface area contributed by atoms with E-state index in [2.05, 4.69) is 27.4 Å². The molecule has 1 aliphatic heterocycles. The van der Waals surface area contributed by atoms with Crippen LogP contribution in [0.2, 0.25) is 0 Å². The highest BCUT2D eigenvalue weighted by molar-refractivity contribution is 7.80. The van der Waals surface area contributed by atoms with Gasteiger partial charge in [0.1, 0.15) is 11.6 Å². The molecule has 1 saturated carbocycles. The molecule has 6 nitrogen and oxygen atoms in total. The van der Waals surface area contributed by atoms with Crippen LogP contribution in [0.4, 0.5) is 16.2 Å². The van der Waals surface area contributed by atoms with Crippen LogP contribution in [0.3, 0.4) is 0 Å². The molecule has 0 radical (unpaired) electrons. The zero-order valence-electron chi connectivity index (χ0n) is 18.9. The molecule has 2 heterocycles. The van der Waals surface area contributed by atoms with E-state index in [1.165, 1.54) is 6.42 Å². The van der Waals surface area contributed by atoms with Gasteiger partial charge in [0, 0.05) is 30.6 Å². The van der Waals surface area contributed by atoms with Crippen LogP contribution >= 0.6 is 12.2 Å². The third-order valence-corrected chi connectivity index (χ3v) is 7.07. The van der Waals surface area contributed by atoms with Crippen molar-refractivity contribution in [2.45, 2.75) is 63.3 Å². The highest BCUT2D eigenvalue weighted by atomic mass is 32.1. The van der Waals surface area contributed by atoms with Crippen LogP contribution in [0, 0.1) is 5.82 Å². The summed E-state index contributed by atoms with van der Waals surface area (Å²) >= 11 is 5.58. The van der Waals surface area contributed by atoms with Crippen molar-refractivity contribution in [3.63, 3.8) is 0 Å². The summed E-state index contributed by atoms with van der Waals surface area (Å²) in [5.41, 5.74) is 1.12. The number of benzene rings is 1. The standard InChI is InChI=1S/C24H32FN5OS/c1-17-7-3-6-14-30(17)20-15-21(31-2)28-22(27-20)29-23(32)26-16-24(12-4-5-13-24)18-8-10-19(25)11-9-18/h8-11,15,17H,3-7,12-14,16H2,1-2H3,(H2,26,27,28,29,32)/t17-/m0/s1. The van der Waals surface area contributed by atoms with E-state index in [1.54, 1.807) is 19.2 Å². The average Bonchev–Trinajstić information content (AvgIpc) is 3.28. The smallest absolute Gasteiger partial charge is 0.234 e. The molecule has 2 aliphatic rings. The monoisotopic (exact) mass is 457 g/mol. The number of hydrogen-bond donors (Lipinski definition) is 2. The van der Waals surface area contributed by atoms with Crippen molar-refractivity contribution in [3.8, 4) is 5.88 Å². The van der Waals surface area contributed by atoms with E-state index in [1.807, 2.05) is 18.2 Å². The summed E-state index contributed by atoms with van der Waals surface area (Å²) < 4.78 is 18.8. The Kier molecular flexibility index (Phi) is 7.08. The van der Waals surface area contributed by atoms with Gasteiger partial charge in [-0.15, -0.1) is 0 Å². The van der Waals surface area contributed by atoms with Gasteiger partial charge in [-0.1, -0.05) is 25.0 Å². The second-order valence-electron chi connectivity index (χ2n) is 8.93. The van der Waals surface area contributed by atoms with Crippen molar-refractivity contribution in [2.75, 3.05) is 30.4 Å². The minimum atomic E-state index is -0.207. The Morgan fingerprint density at radius 3 is 2.62 bits per heavy atom. The molecule has 32 heavy (non-hydrogen) atoms. The normalized spacial score (nSPS) is 20.1. The Hall–Kier alpha value is -2.48. The number of piperidine rings is 1. The van der Waals surface area contributed by atoms with Gasteiger partial charge in [0.15, 0.2) is 5.11 Å². The van der Waals surface area contributed by atoms with E-state index >= 15 is 0 Å². The first-order chi connectivity index (χ1) is 15.5. The molecule has 1 saturated heterocycles. The van der Waals surface area contributed by atoms with Gasteiger partial charge in [0.25, 0.3) is 0 Å². The molecule has 2 N–H and O–H groups in total. The predicted molar refractivity (Wildman–Crippen MR) is 130 cm³/mol. The number of hydrogen-bond acceptors (Lipinski definition) is 5. The molecule has 2 fully saturated rings. The lowest BCUT2D eigenvalue weighted by Gasteiger charge is -2.34. The molecule has 1 atom stereocenters. The second kappa shape index (κ2) is 9.98. The van der Waals surface area contributed by atoms with Crippen molar-refractivity contribution in [1.29, 1.82) is 0 Å². The van der Waals surface area contributed by atoms with Gasteiger partial charge in [-0.05, 0) is 68.9 Å². The lowest BCUT2D eigenvalue weighted by molar-refractivity contribution is 0.396. The van der Waals surface area contributed by atoms with E-state index in [9.17, 15) is 4.39 Å². The Balaban J connectivity index is 1.45. The maximum atomic E-state index is 13.4. The molecule has 0 spiro atoms. The van der Waals surface area contributed by atoms with Crippen molar-refractivity contribution < 1.29 is 9.13 Å². The molecule has 8 heteroatoms. The number of nitrogens with one attached hydrogen (secondary N) is 2. The number of aromatic nitrogens is 2. The summed E-state index contributed by atoms with van der Waals surface area (Å²) in [7, 11) is 1.61. The number of nitrogens with zero attached hydrogens (tertiary/aromatic N) is 3. The number of methoxy groups -OCH3 is 1. The zero-order chi connectivity index (χ0) is 22.6. The summed E-state index contributed by atoms with van der Waals surface area (Å²) in [5, 5.41) is 6.98. The van der Waals surface area contributed by atoms with E-state index in [0.29, 0.717) is 29.5 Å². The third-order valence-electron chi connectivity index (χ3n) is 6.83. The third kappa shape index (κ3) is 5.11. The summed E-state index contributed by atoms with van der Waals surface area (Å²) in [6, 6.07) is 9.19. The molecule has 1 aliphatic carbocycles. The van der Waals surface area contributed by atoms with Gasteiger partial charge in [0.05, 0.1) is 7.11 Å². The Morgan fingerprint density at radius 1 is 1.19 bits per heavy atom. The van der Waals surface area contributed by atoms with E-state index in [-0.39, 0.29) is 11.2 Å². The molecular formula is C24H32FN5OS. The van der Waals surface area contributed by atoms with Gasteiger partial charge in [0.2, 0.25) is 11.8 Å². The van der Waals surface area contributed by atoms with Gasteiger partial charge >= 0.3 is 0 Å². The number of halogens is 1. The van der Waals surface area contributed by atoms with Gasteiger partial charge in [-0.2, -0.15) is 9.97 Å². The Bertz CT molecular complexity index is 932. The van der Waals surface area contributed by atoms with Crippen molar-refractivity contribution in [3.05, 3.63) is 41.7 Å². The maximum absolute atomic E-state index is 13.4. The van der Waals surface area contributed by atoms with Crippen molar-refractivity contribution in [1.82, 2.24) is 15.3 Å². The molecule has 0 bridgehead atoms. The van der Waals surface area contributed by atoms with Gasteiger partial charge in [-0.25, -0.2) is 4.39 Å². The van der Waals surface area contributed by atoms with E-state index in [4.69, 9.17) is 21.9 Å². The predicted octanol–water partition coefficient (Wildman–Crippen LogP) is 4.80. The molecule has 172 valence electrons. The number of rotatable bonds is 6. The first-order valence-corrected chi connectivity index (χ1v) is 11.9. The fraction of sp³-hybridized carbons (Fsp3) is 0.542. The molecule has 2 aromatic rings. The SMILES string of the molecule is COc1cc(N2CCCC[C@@H]2C)nc(NC(=S)NCC2(c3ccc(F)cc3)CCCC2)n1. The van der Waals surface area contributed by atoms with Crippen LogP contribution in [0.5, 0.6) is 5.88 Å².